The Balaban J connectivity index is 1.64. The van der Waals surface area contributed by atoms with Crippen LogP contribution in [0.15, 0.2) is 35.5 Å². The molecular formula is C20H23N7O2. The molecule has 1 saturated heterocycles. The van der Waals surface area contributed by atoms with Crippen molar-refractivity contribution < 1.29 is 4.79 Å². The maximum absolute atomic E-state index is 13.2. The van der Waals surface area contributed by atoms with E-state index < -0.39 is 0 Å². The molecule has 0 saturated carbocycles. The van der Waals surface area contributed by atoms with Crippen LogP contribution in [0, 0.1) is 11.8 Å². The van der Waals surface area contributed by atoms with Crippen molar-refractivity contribution in [1.29, 1.82) is 0 Å². The maximum atomic E-state index is 13.2. The van der Waals surface area contributed by atoms with Gasteiger partial charge in [-0.15, -0.1) is 5.92 Å². The Kier molecular flexibility index (Phi) is 5.55. The highest BCUT2D eigenvalue weighted by Crippen LogP contribution is 2.31. The van der Waals surface area contributed by atoms with Gasteiger partial charge >= 0.3 is 0 Å². The van der Waals surface area contributed by atoms with Crippen LogP contribution in [0.5, 0.6) is 0 Å². The topological polar surface area (TPSA) is 95.4 Å². The van der Waals surface area contributed by atoms with Crippen molar-refractivity contribution in [3.05, 3.63) is 46.6 Å². The highest BCUT2D eigenvalue weighted by Gasteiger charge is 2.36. The Bertz CT molecular complexity index is 1000. The lowest BCUT2D eigenvalue weighted by atomic mass is 10.2. The number of hydrogen-bond donors (Lipinski definition) is 2. The molecule has 0 aromatic carbocycles. The zero-order chi connectivity index (χ0) is 20.2. The van der Waals surface area contributed by atoms with E-state index in [2.05, 4.69) is 37.5 Å². The third-order valence-corrected chi connectivity index (χ3v) is 5.09. The Morgan fingerprint density at radius 1 is 1.31 bits per heavy atom. The van der Waals surface area contributed by atoms with Gasteiger partial charge in [0.1, 0.15) is 12.2 Å². The summed E-state index contributed by atoms with van der Waals surface area (Å²) in [6.45, 7) is 5.57. The van der Waals surface area contributed by atoms with E-state index in [-0.39, 0.29) is 24.2 Å². The molecule has 150 valence electrons. The number of anilines is 2. The summed E-state index contributed by atoms with van der Waals surface area (Å²) in [5, 5.41) is 11.0. The van der Waals surface area contributed by atoms with Crippen LogP contribution >= 0.6 is 0 Å². The number of Topliss-reactive ketones (excluding diaryl/α,β-unsaturated/α-hetero) is 1. The van der Waals surface area contributed by atoms with Gasteiger partial charge in [0.2, 0.25) is 0 Å². The van der Waals surface area contributed by atoms with Crippen LogP contribution < -0.4 is 21.1 Å². The van der Waals surface area contributed by atoms with Crippen LogP contribution in [0.2, 0.25) is 0 Å². The van der Waals surface area contributed by atoms with E-state index in [1.165, 1.54) is 10.9 Å². The minimum absolute atomic E-state index is 0.136. The van der Waals surface area contributed by atoms with Gasteiger partial charge in [0.05, 0.1) is 18.4 Å². The van der Waals surface area contributed by atoms with Crippen LogP contribution in [0.1, 0.15) is 17.3 Å². The number of nitrogens with zero attached hydrogens (tertiary/aromatic N) is 5. The van der Waals surface area contributed by atoms with Gasteiger partial charge in [0, 0.05) is 44.1 Å². The summed E-state index contributed by atoms with van der Waals surface area (Å²) in [7, 11) is 0. The number of carbonyl (C=O) groups is 1. The molecule has 0 radical (unpaired) electrons. The average molecular weight is 393 g/mol. The zero-order valence-corrected chi connectivity index (χ0v) is 16.3. The van der Waals surface area contributed by atoms with E-state index >= 15 is 0 Å². The van der Waals surface area contributed by atoms with Gasteiger partial charge in [-0.25, -0.2) is 4.68 Å². The maximum Gasteiger partial charge on any atom is 0.293 e. The van der Waals surface area contributed by atoms with Crippen molar-refractivity contribution in [2.75, 3.05) is 42.9 Å². The third-order valence-electron chi connectivity index (χ3n) is 5.09. The van der Waals surface area contributed by atoms with Gasteiger partial charge < -0.3 is 15.5 Å². The molecule has 2 N–H and O–H groups in total. The van der Waals surface area contributed by atoms with Crippen molar-refractivity contribution in [2.45, 2.75) is 19.8 Å². The lowest BCUT2D eigenvalue weighted by molar-refractivity contribution is 0.0965. The summed E-state index contributed by atoms with van der Waals surface area (Å²) < 4.78 is 1.21. The van der Waals surface area contributed by atoms with Crippen molar-refractivity contribution in [3.8, 4) is 11.8 Å². The summed E-state index contributed by atoms with van der Waals surface area (Å²) in [6, 6.07) is 3.37. The molecule has 4 rings (SSSR count). The molecular weight excluding hydrogens is 370 g/mol. The molecule has 9 heteroatoms. The van der Waals surface area contributed by atoms with E-state index in [0.717, 1.165) is 26.2 Å². The van der Waals surface area contributed by atoms with Gasteiger partial charge in [0.25, 0.3) is 5.56 Å². The van der Waals surface area contributed by atoms with Crippen LogP contribution in [-0.4, -0.2) is 64.5 Å². The molecule has 2 aromatic rings. The predicted molar refractivity (Wildman–Crippen MR) is 110 cm³/mol. The normalized spacial score (nSPS) is 18.5. The SMILES string of the molecule is CC#CCN1c2c(cnn(CC(=O)c3cccnc3)c2=O)NC1N1CCNCC1. The summed E-state index contributed by atoms with van der Waals surface area (Å²) in [4.78, 5) is 33.9. The van der Waals surface area contributed by atoms with Gasteiger partial charge in [-0.05, 0) is 19.1 Å². The molecule has 9 nitrogen and oxygen atoms in total. The highest BCUT2D eigenvalue weighted by atomic mass is 16.1. The average Bonchev–Trinajstić information content (AvgIpc) is 3.14. The molecule has 0 bridgehead atoms. The van der Waals surface area contributed by atoms with Crippen molar-refractivity contribution >= 4 is 17.2 Å². The van der Waals surface area contributed by atoms with Gasteiger partial charge in [-0.3, -0.25) is 19.5 Å². The second-order valence-corrected chi connectivity index (χ2v) is 6.89. The molecule has 1 fully saturated rings. The van der Waals surface area contributed by atoms with E-state index in [0.29, 0.717) is 23.5 Å². The number of fused-ring (bicyclic) bond motifs is 1. The minimum atomic E-state index is -0.303. The van der Waals surface area contributed by atoms with Crippen LogP contribution in [0.3, 0.4) is 0 Å². The molecule has 1 atom stereocenters. The first-order valence-electron chi connectivity index (χ1n) is 9.60. The first-order valence-corrected chi connectivity index (χ1v) is 9.60. The van der Waals surface area contributed by atoms with E-state index in [1.54, 1.807) is 31.5 Å². The predicted octanol–water partition coefficient (Wildman–Crippen LogP) is -0.0348. The first-order chi connectivity index (χ1) is 14.2. The Morgan fingerprint density at radius 2 is 2.14 bits per heavy atom. The fourth-order valence-corrected chi connectivity index (χ4v) is 3.61. The fourth-order valence-electron chi connectivity index (χ4n) is 3.61. The Morgan fingerprint density at radius 3 is 2.86 bits per heavy atom. The zero-order valence-electron chi connectivity index (χ0n) is 16.3. The van der Waals surface area contributed by atoms with E-state index in [4.69, 9.17) is 0 Å². The molecule has 2 aliphatic heterocycles. The number of pyridine rings is 1. The second-order valence-electron chi connectivity index (χ2n) is 6.89. The number of nitrogens with one attached hydrogen (secondary N) is 2. The summed E-state index contributed by atoms with van der Waals surface area (Å²) in [6.07, 6.45) is 4.55. The van der Waals surface area contributed by atoms with Gasteiger partial charge in [-0.2, -0.15) is 5.10 Å². The van der Waals surface area contributed by atoms with Crippen LogP contribution in [-0.2, 0) is 6.54 Å². The second kappa shape index (κ2) is 8.43. The van der Waals surface area contributed by atoms with E-state index in [1.807, 2.05) is 4.90 Å². The Labute approximate surface area is 168 Å². The molecule has 2 aromatic heterocycles. The number of rotatable bonds is 5. The number of hydrogen-bond acceptors (Lipinski definition) is 8. The number of piperazine rings is 1. The lowest BCUT2D eigenvalue weighted by Crippen LogP contribution is -2.56. The molecule has 0 aliphatic carbocycles. The lowest BCUT2D eigenvalue weighted by Gasteiger charge is -2.37. The summed E-state index contributed by atoms with van der Waals surface area (Å²) in [5.74, 6) is 5.75. The summed E-state index contributed by atoms with van der Waals surface area (Å²) in [5.41, 5.74) is 1.32. The smallest absolute Gasteiger partial charge is 0.293 e. The van der Waals surface area contributed by atoms with Gasteiger partial charge in [0.15, 0.2) is 12.1 Å². The van der Waals surface area contributed by atoms with Gasteiger partial charge in [-0.1, -0.05) is 5.92 Å². The van der Waals surface area contributed by atoms with Crippen molar-refractivity contribution in [1.82, 2.24) is 25.0 Å². The molecule has 4 heterocycles. The molecule has 2 aliphatic rings. The quantitative estimate of drug-likeness (QED) is 0.540. The molecule has 0 spiro atoms. The number of carbonyl (C=O) groups excluding carboxylic acids is 1. The standard InChI is InChI=1S/C20H23N7O2/c1-2-3-9-26-18-16(24-20(26)25-10-7-21-8-11-25)13-23-27(19(18)29)14-17(28)15-5-4-6-22-12-15/h4-6,12-13,20-21,24H,7-11,14H2,1H3. The van der Waals surface area contributed by atoms with Crippen LogP contribution in [0.25, 0.3) is 0 Å². The number of ketones is 1. The monoisotopic (exact) mass is 393 g/mol. The molecule has 0 amide bonds. The first kappa shape index (κ1) is 19.1. The Hall–Kier alpha value is -3.22. The molecule has 1 unspecified atom stereocenters. The van der Waals surface area contributed by atoms with E-state index in [9.17, 15) is 9.59 Å². The number of aromatic nitrogens is 3. The molecule has 29 heavy (non-hydrogen) atoms. The van der Waals surface area contributed by atoms with Crippen LogP contribution in [0.4, 0.5) is 11.4 Å². The highest BCUT2D eigenvalue weighted by molar-refractivity contribution is 5.95. The largest absolute Gasteiger partial charge is 0.350 e. The summed E-state index contributed by atoms with van der Waals surface area (Å²) >= 11 is 0. The van der Waals surface area contributed by atoms with Crippen molar-refractivity contribution in [2.24, 2.45) is 0 Å². The fraction of sp³-hybridized carbons (Fsp3) is 0.400. The minimum Gasteiger partial charge on any atom is -0.350 e. The third kappa shape index (κ3) is 3.85. The van der Waals surface area contributed by atoms with Crippen molar-refractivity contribution in [3.63, 3.8) is 0 Å².